The minimum Gasteiger partial charge on any atom is -0.369 e. The number of nitrogens with one attached hydrogen (secondary N) is 1. The van der Waals surface area contributed by atoms with Gasteiger partial charge in [-0.25, -0.2) is 9.97 Å². The van der Waals surface area contributed by atoms with Crippen molar-refractivity contribution in [2.75, 3.05) is 11.9 Å². The van der Waals surface area contributed by atoms with Gasteiger partial charge < -0.3 is 5.32 Å². The molecule has 1 aromatic rings. The fraction of sp³-hybridized carbons (Fsp3) is 0.667. The van der Waals surface area contributed by atoms with Gasteiger partial charge in [0.25, 0.3) is 0 Å². The summed E-state index contributed by atoms with van der Waals surface area (Å²) in [6, 6.07) is 1.94. The summed E-state index contributed by atoms with van der Waals surface area (Å²) in [5.41, 5.74) is 1.43. The van der Waals surface area contributed by atoms with Crippen molar-refractivity contribution in [3.63, 3.8) is 0 Å². The van der Waals surface area contributed by atoms with E-state index in [2.05, 4.69) is 22.2 Å². The molecule has 0 radical (unpaired) electrons. The molecular formula is C12H18ClN3. The van der Waals surface area contributed by atoms with Crippen LogP contribution in [0.4, 0.5) is 5.82 Å². The molecule has 0 aromatic carbocycles. The van der Waals surface area contributed by atoms with Gasteiger partial charge in [0.15, 0.2) is 0 Å². The van der Waals surface area contributed by atoms with Crippen LogP contribution in [-0.2, 0) is 0 Å². The van der Waals surface area contributed by atoms with Crippen molar-refractivity contribution in [2.45, 2.75) is 39.5 Å². The van der Waals surface area contributed by atoms with Gasteiger partial charge in [0.2, 0.25) is 5.28 Å². The van der Waals surface area contributed by atoms with Gasteiger partial charge in [0.1, 0.15) is 5.82 Å². The molecule has 0 spiro atoms. The first-order valence-corrected chi connectivity index (χ1v) is 6.26. The van der Waals surface area contributed by atoms with Gasteiger partial charge in [0.05, 0.1) is 0 Å². The molecule has 4 heteroatoms. The first kappa shape index (κ1) is 11.6. The summed E-state index contributed by atoms with van der Waals surface area (Å²) in [6.45, 7) is 5.18. The fourth-order valence-corrected chi connectivity index (χ4v) is 2.35. The standard InChI is InChI=1S/C12H18ClN3/c1-3-4-12(5-6-12)8-14-10-7-9(2)15-11(13)16-10/h7H,3-6,8H2,1-2H3,(H,14,15,16). The molecule has 0 saturated heterocycles. The molecule has 1 aliphatic rings. The highest BCUT2D eigenvalue weighted by Gasteiger charge is 2.41. The van der Waals surface area contributed by atoms with Crippen LogP contribution in [-0.4, -0.2) is 16.5 Å². The Morgan fingerprint density at radius 2 is 2.19 bits per heavy atom. The van der Waals surface area contributed by atoms with Crippen LogP contribution in [0.3, 0.4) is 0 Å². The molecule has 88 valence electrons. The van der Waals surface area contributed by atoms with Gasteiger partial charge in [-0.15, -0.1) is 0 Å². The van der Waals surface area contributed by atoms with Crippen molar-refractivity contribution < 1.29 is 0 Å². The number of rotatable bonds is 5. The third-order valence-corrected chi connectivity index (χ3v) is 3.38. The van der Waals surface area contributed by atoms with Crippen LogP contribution in [0.25, 0.3) is 0 Å². The Labute approximate surface area is 102 Å². The van der Waals surface area contributed by atoms with Gasteiger partial charge in [0, 0.05) is 18.3 Å². The molecule has 1 heterocycles. The van der Waals surface area contributed by atoms with Crippen molar-refractivity contribution >= 4 is 17.4 Å². The van der Waals surface area contributed by atoms with Gasteiger partial charge in [-0.2, -0.15) is 0 Å². The van der Waals surface area contributed by atoms with Gasteiger partial charge >= 0.3 is 0 Å². The number of aromatic nitrogens is 2. The number of aryl methyl sites for hydroxylation is 1. The number of nitrogens with zero attached hydrogens (tertiary/aromatic N) is 2. The normalized spacial score (nSPS) is 17.2. The number of hydrogen-bond donors (Lipinski definition) is 1. The quantitative estimate of drug-likeness (QED) is 0.800. The summed E-state index contributed by atoms with van der Waals surface area (Å²) < 4.78 is 0. The molecule has 0 aliphatic heterocycles. The summed E-state index contributed by atoms with van der Waals surface area (Å²) in [6.07, 6.45) is 5.24. The average molecular weight is 240 g/mol. The number of hydrogen-bond acceptors (Lipinski definition) is 3. The first-order chi connectivity index (χ1) is 7.63. The smallest absolute Gasteiger partial charge is 0.224 e. The predicted octanol–water partition coefficient (Wildman–Crippen LogP) is 3.43. The second kappa shape index (κ2) is 4.58. The lowest BCUT2D eigenvalue weighted by Crippen LogP contribution is -2.16. The second-order valence-corrected chi connectivity index (χ2v) is 5.11. The fourth-order valence-electron chi connectivity index (χ4n) is 2.12. The molecule has 1 fully saturated rings. The minimum atomic E-state index is 0.322. The molecule has 2 rings (SSSR count). The lowest BCUT2D eigenvalue weighted by molar-refractivity contribution is 0.485. The summed E-state index contributed by atoms with van der Waals surface area (Å²) in [4.78, 5) is 8.21. The molecule has 1 N–H and O–H groups in total. The lowest BCUT2D eigenvalue weighted by Gasteiger charge is -2.15. The van der Waals surface area contributed by atoms with Crippen LogP contribution in [0.5, 0.6) is 0 Å². The number of anilines is 1. The maximum atomic E-state index is 5.81. The highest BCUT2D eigenvalue weighted by atomic mass is 35.5. The Kier molecular flexibility index (Phi) is 3.33. The number of halogens is 1. The van der Waals surface area contributed by atoms with E-state index in [0.29, 0.717) is 10.7 Å². The third kappa shape index (κ3) is 2.85. The molecule has 0 unspecified atom stereocenters. The molecule has 3 nitrogen and oxygen atoms in total. The molecule has 1 saturated carbocycles. The van der Waals surface area contributed by atoms with Gasteiger partial charge in [-0.3, -0.25) is 0 Å². The highest BCUT2D eigenvalue weighted by Crippen LogP contribution is 2.49. The Hall–Kier alpha value is -0.830. The Morgan fingerprint density at radius 1 is 1.44 bits per heavy atom. The van der Waals surface area contributed by atoms with Crippen molar-refractivity contribution in [2.24, 2.45) is 5.41 Å². The minimum absolute atomic E-state index is 0.322. The van der Waals surface area contributed by atoms with E-state index in [1.54, 1.807) is 0 Å². The molecule has 16 heavy (non-hydrogen) atoms. The largest absolute Gasteiger partial charge is 0.369 e. The summed E-state index contributed by atoms with van der Waals surface area (Å²) in [7, 11) is 0. The van der Waals surface area contributed by atoms with E-state index in [1.165, 1.54) is 25.7 Å². The molecule has 1 aromatic heterocycles. The first-order valence-electron chi connectivity index (χ1n) is 5.89. The molecule has 0 amide bonds. The van der Waals surface area contributed by atoms with E-state index in [9.17, 15) is 0 Å². The zero-order valence-electron chi connectivity index (χ0n) is 9.89. The summed E-state index contributed by atoms with van der Waals surface area (Å²) >= 11 is 5.81. The van der Waals surface area contributed by atoms with E-state index in [-0.39, 0.29) is 0 Å². The Bertz CT molecular complexity index is 354. The molecule has 0 atom stereocenters. The van der Waals surface area contributed by atoms with Crippen LogP contribution in [0.1, 0.15) is 38.3 Å². The summed E-state index contributed by atoms with van der Waals surface area (Å²) in [5.74, 6) is 0.847. The van der Waals surface area contributed by atoms with E-state index in [4.69, 9.17) is 11.6 Å². The van der Waals surface area contributed by atoms with Crippen molar-refractivity contribution in [3.8, 4) is 0 Å². The highest BCUT2D eigenvalue weighted by molar-refractivity contribution is 6.28. The predicted molar refractivity (Wildman–Crippen MR) is 66.8 cm³/mol. The monoisotopic (exact) mass is 239 g/mol. The molecular weight excluding hydrogens is 222 g/mol. The van der Waals surface area contributed by atoms with E-state index < -0.39 is 0 Å². The van der Waals surface area contributed by atoms with Gasteiger partial charge in [-0.1, -0.05) is 13.3 Å². The van der Waals surface area contributed by atoms with Crippen LogP contribution < -0.4 is 5.32 Å². The van der Waals surface area contributed by atoms with Gasteiger partial charge in [-0.05, 0) is 43.2 Å². The van der Waals surface area contributed by atoms with Crippen LogP contribution >= 0.6 is 11.6 Å². The van der Waals surface area contributed by atoms with Crippen LogP contribution in [0.15, 0.2) is 6.07 Å². The third-order valence-electron chi connectivity index (χ3n) is 3.21. The van der Waals surface area contributed by atoms with Crippen LogP contribution in [0.2, 0.25) is 5.28 Å². The molecule has 0 bridgehead atoms. The zero-order valence-corrected chi connectivity index (χ0v) is 10.6. The van der Waals surface area contributed by atoms with Crippen molar-refractivity contribution in [1.82, 2.24) is 9.97 Å². The SMILES string of the molecule is CCCC1(CNc2cc(C)nc(Cl)n2)CC1. The lowest BCUT2D eigenvalue weighted by atomic mass is 10.0. The Balaban J connectivity index is 1.94. The average Bonchev–Trinajstić information content (AvgIpc) is 2.95. The molecule has 1 aliphatic carbocycles. The van der Waals surface area contributed by atoms with E-state index in [1.807, 2.05) is 13.0 Å². The Morgan fingerprint density at radius 3 is 2.75 bits per heavy atom. The maximum Gasteiger partial charge on any atom is 0.224 e. The maximum absolute atomic E-state index is 5.81. The zero-order chi connectivity index (χ0) is 11.6. The van der Waals surface area contributed by atoms with Crippen LogP contribution in [0, 0.1) is 12.3 Å². The van der Waals surface area contributed by atoms with E-state index >= 15 is 0 Å². The second-order valence-electron chi connectivity index (χ2n) is 4.77. The summed E-state index contributed by atoms with van der Waals surface area (Å²) in [5, 5.41) is 3.70. The van der Waals surface area contributed by atoms with E-state index in [0.717, 1.165) is 18.1 Å². The van der Waals surface area contributed by atoms with Crippen molar-refractivity contribution in [1.29, 1.82) is 0 Å². The topological polar surface area (TPSA) is 37.8 Å². The van der Waals surface area contributed by atoms with Crippen molar-refractivity contribution in [3.05, 3.63) is 17.0 Å².